The minimum absolute atomic E-state index is 0.0749. The molecule has 4 rings (SSSR count). The van der Waals surface area contributed by atoms with Gasteiger partial charge in [-0.1, -0.05) is 19.3 Å². The van der Waals surface area contributed by atoms with E-state index in [1.165, 1.54) is 51.6 Å². The SMILES string of the molecule is O=C(N[C@@H]1CCCC[C@H]1CN1CCCCC1)c1ccc2ncsc2c1. The van der Waals surface area contributed by atoms with Crippen LogP contribution < -0.4 is 5.32 Å². The van der Waals surface area contributed by atoms with E-state index in [9.17, 15) is 4.79 Å². The van der Waals surface area contributed by atoms with Crippen LogP contribution in [-0.2, 0) is 0 Å². The minimum Gasteiger partial charge on any atom is -0.349 e. The molecular formula is C20H27N3OS. The Balaban J connectivity index is 1.42. The van der Waals surface area contributed by atoms with Gasteiger partial charge < -0.3 is 10.2 Å². The van der Waals surface area contributed by atoms with Gasteiger partial charge in [-0.3, -0.25) is 4.79 Å². The molecule has 0 unspecified atom stereocenters. The van der Waals surface area contributed by atoms with Gasteiger partial charge in [-0.25, -0.2) is 4.98 Å². The number of carbonyl (C=O) groups excluding carboxylic acids is 1. The van der Waals surface area contributed by atoms with Crippen molar-refractivity contribution in [2.45, 2.75) is 51.0 Å². The Morgan fingerprint density at radius 2 is 2.00 bits per heavy atom. The molecule has 1 aliphatic heterocycles. The summed E-state index contributed by atoms with van der Waals surface area (Å²) in [5.41, 5.74) is 3.57. The molecule has 1 saturated carbocycles. The van der Waals surface area contributed by atoms with Gasteiger partial charge in [0.25, 0.3) is 5.91 Å². The molecule has 1 amide bonds. The smallest absolute Gasteiger partial charge is 0.251 e. The van der Waals surface area contributed by atoms with Crippen LogP contribution >= 0.6 is 11.3 Å². The highest BCUT2D eigenvalue weighted by Gasteiger charge is 2.28. The van der Waals surface area contributed by atoms with E-state index in [0.717, 1.165) is 28.7 Å². The van der Waals surface area contributed by atoms with E-state index in [0.29, 0.717) is 12.0 Å². The van der Waals surface area contributed by atoms with Crippen molar-refractivity contribution in [2.24, 2.45) is 5.92 Å². The number of nitrogens with one attached hydrogen (secondary N) is 1. The molecule has 1 aliphatic carbocycles. The van der Waals surface area contributed by atoms with E-state index in [2.05, 4.69) is 15.2 Å². The van der Waals surface area contributed by atoms with Gasteiger partial charge >= 0.3 is 0 Å². The highest BCUT2D eigenvalue weighted by molar-refractivity contribution is 7.16. The fourth-order valence-electron chi connectivity index (χ4n) is 4.34. The van der Waals surface area contributed by atoms with Crippen LogP contribution in [0, 0.1) is 5.92 Å². The number of fused-ring (bicyclic) bond motifs is 1. The Bertz CT molecular complexity index is 723. The lowest BCUT2D eigenvalue weighted by atomic mass is 9.83. The van der Waals surface area contributed by atoms with Gasteiger partial charge in [0.2, 0.25) is 0 Å². The normalized spacial score (nSPS) is 25.1. The van der Waals surface area contributed by atoms with Crippen LogP contribution in [0.15, 0.2) is 23.7 Å². The third kappa shape index (κ3) is 4.04. The van der Waals surface area contributed by atoms with Crippen molar-refractivity contribution in [1.29, 1.82) is 0 Å². The number of carbonyl (C=O) groups is 1. The minimum atomic E-state index is 0.0749. The van der Waals surface area contributed by atoms with Gasteiger partial charge in [0, 0.05) is 18.2 Å². The lowest BCUT2D eigenvalue weighted by molar-refractivity contribution is 0.0877. The monoisotopic (exact) mass is 357 g/mol. The molecule has 1 aromatic heterocycles. The lowest BCUT2D eigenvalue weighted by Gasteiger charge is -2.37. The first-order valence-electron chi connectivity index (χ1n) is 9.66. The topological polar surface area (TPSA) is 45.2 Å². The standard InChI is InChI=1S/C20H27N3OS/c24-20(15-8-9-18-19(12-15)25-14-21-18)22-17-7-3-2-6-16(17)13-23-10-4-1-5-11-23/h8-9,12,14,16-17H,1-7,10-11,13H2,(H,22,24)/t16-,17+/m0/s1. The maximum Gasteiger partial charge on any atom is 0.251 e. The number of aromatic nitrogens is 1. The summed E-state index contributed by atoms with van der Waals surface area (Å²) in [7, 11) is 0. The van der Waals surface area contributed by atoms with Crippen LogP contribution in [0.1, 0.15) is 55.3 Å². The molecule has 2 heterocycles. The zero-order valence-electron chi connectivity index (χ0n) is 14.7. The summed E-state index contributed by atoms with van der Waals surface area (Å²) in [5, 5.41) is 3.35. The lowest BCUT2D eigenvalue weighted by Crippen LogP contribution is -2.47. The van der Waals surface area contributed by atoms with Gasteiger partial charge in [-0.15, -0.1) is 11.3 Å². The van der Waals surface area contributed by atoms with E-state index >= 15 is 0 Å². The summed E-state index contributed by atoms with van der Waals surface area (Å²) in [6, 6.07) is 6.15. The number of nitrogens with zero attached hydrogens (tertiary/aromatic N) is 2. The van der Waals surface area contributed by atoms with Crippen LogP contribution in [0.2, 0.25) is 0 Å². The number of thiazole rings is 1. The van der Waals surface area contributed by atoms with Crippen molar-refractivity contribution >= 4 is 27.5 Å². The number of amides is 1. The van der Waals surface area contributed by atoms with Crippen LogP contribution in [0.25, 0.3) is 10.2 Å². The average molecular weight is 358 g/mol. The third-order valence-electron chi connectivity index (χ3n) is 5.76. The van der Waals surface area contributed by atoms with Gasteiger partial charge in [0.05, 0.1) is 15.7 Å². The molecule has 5 heteroatoms. The summed E-state index contributed by atoms with van der Waals surface area (Å²) in [4.78, 5) is 19.7. The summed E-state index contributed by atoms with van der Waals surface area (Å²) in [6.45, 7) is 3.62. The first-order chi connectivity index (χ1) is 12.3. The summed E-state index contributed by atoms with van der Waals surface area (Å²) in [5.74, 6) is 0.675. The molecule has 0 bridgehead atoms. The molecule has 2 fully saturated rings. The molecule has 1 N–H and O–H groups in total. The van der Waals surface area contributed by atoms with E-state index in [1.54, 1.807) is 11.3 Å². The van der Waals surface area contributed by atoms with Gasteiger partial charge in [0.1, 0.15) is 0 Å². The summed E-state index contributed by atoms with van der Waals surface area (Å²) in [6.07, 6.45) is 8.94. The first kappa shape index (κ1) is 17.0. The Hall–Kier alpha value is -1.46. The number of likely N-dealkylation sites (tertiary alicyclic amines) is 1. The number of rotatable bonds is 4. The Labute approximate surface area is 153 Å². The second-order valence-electron chi connectivity index (χ2n) is 7.52. The van der Waals surface area contributed by atoms with E-state index in [1.807, 2.05) is 23.7 Å². The van der Waals surface area contributed by atoms with Gasteiger partial charge in [-0.05, 0) is 62.9 Å². The predicted molar refractivity (Wildman–Crippen MR) is 103 cm³/mol. The second kappa shape index (κ2) is 7.83. The Morgan fingerprint density at radius 1 is 1.16 bits per heavy atom. The zero-order chi connectivity index (χ0) is 17.1. The fraction of sp³-hybridized carbons (Fsp3) is 0.600. The van der Waals surface area contributed by atoms with E-state index in [-0.39, 0.29) is 5.91 Å². The van der Waals surface area contributed by atoms with Crippen LogP contribution in [-0.4, -0.2) is 41.5 Å². The zero-order valence-corrected chi connectivity index (χ0v) is 15.6. The molecule has 2 aromatic rings. The van der Waals surface area contributed by atoms with Crippen LogP contribution in [0.3, 0.4) is 0 Å². The van der Waals surface area contributed by atoms with Crippen molar-refractivity contribution in [3.05, 3.63) is 29.3 Å². The molecule has 0 radical (unpaired) electrons. The summed E-state index contributed by atoms with van der Waals surface area (Å²) < 4.78 is 1.08. The van der Waals surface area contributed by atoms with E-state index < -0.39 is 0 Å². The second-order valence-corrected chi connectivity index (χ2v) is 8.41. The van der Waals surface area contributed by atoms with Crippen molar-refractivity contribution < 1.29 is 4.79 Å². The van der Waals surface area contributed by atoms with Gasteiger partial charge in [-0.2, -0.15) is 0 Å². The molecule has 25 heavy (non-hydrogen) atoms. The molecule has 1 saturated heterocycles. The van der Waals surface area contributed by atoms with Crippen molar-refractivity contribution in [1.82, 2.24) is 15.2 Å². The average Bonchev–Trinajstić information content (AvgIpc) is 3.12. The molecule has 0 spiro atoms. The third-order valence-corrected chi connectivity index (χ3v) is 6.55. The quantitative estimate of drug-likeness (QED) is 0.897. The largest absolute Gasteiger partial charge is 0.349 e. The van der Waals surface area contributed by atoms with E-state index in [4.69, 9.17) is 0 Å². The predicted octanol–water partition coefficient (Wildman–Crippen LogP) is 4.07. The highest BCUT2D eigenvalue weighted by atomic mass is 32.1. The number of hydrogen-bond acceptors (Lipinski definition) is 4. The Kier molecular flexibility index (Phi) is 5.32. The molecular weight excluding hydrogens is 330 g/mol. The molecule has 1 aromatic carbocycles. The number of hydrogen-bond donors (Lipinski definition) is 1. The van der Waals surface area contributed by atoms with Crippen molar-refractivity contribution in [2.75, 3.05) is 19.6 Å². The van der Waals surface area contributed by atoms with Crippen molar-refractivity contribution in [3.63, 3.8) is 0 Å². The molecule has 2 aliphatic rings. The molecule has 4 nitrogen and oxygen atoms in total. The maximum absolute atomic E-state index is 12.8. The van der Waals surface area contributed by atoms with Crippen LogP contribution in [0.4, 0.5) is 0 Å². The number of piperidine rings is 1. The number of benzene rings is 1. The first-order valence-corrected chi connectivity index (χ1v) is 10.5. The fourth-order valence-corrected chi connectivity index (χ4v) is 5.05. The molecule has 134 valence electrons. The highest BCUT2D eigenvalue weighted by Crippen LogP contribution is 2.27. The van der Waals surface area contributed by atoms with Gasteiger partial charge in [0.15, 0.2) is 0 Å². The maximum atomic E-state index is 12.8. The molecule has 2 atom stereocenters. The van der Waals surface area contributed by atoms with Crippen LogP contribution in [0.5, 0.6) is 0 Å². The van der Waals surface area contributed by atoms with Crippen molar-refractivity contribution in [3.8, 4) is 0 Å². The Morgan fingerprint density at radius 3 is 2.88 bits per heavy atom. The summed E-state index contributed by atoms with van der Waals surface area (Å²) >= 11 is 1.59.